The van der Waals surface area contributed by atoms with Gasteiger partial charge in [-0.05, 0) is 63.4 Å². The summed E-state index contributed by atoms with van der Waals surface area (Å²) in [7, 11) is 0. The third-order valence-electron chi connectivity index (χ3n) is 4.83. The SMILES string of the molecule is CC(c1ccc(F)c(Cl)c1)N1CCCC1C1CCCN1. The van der Waals surface area contributed by atoms with Gasteiger partial charge in [-0.15, -0.1) is 0 Å². The van der Waals surface area contributed by atoms with Gasteiger partial charge < -0.3 is 5.32 Å². The fraction of sp³-hybridized carbons (Fsp3) is 0.625. The Morgan fingerprint density at radius 1 is 1.35 bits per heavy atom. The average Bonchev–Trinajstić information content (AvgIpc) is 3.10. The summed E-state index contributed by atoms with van der Waals surface area (Å²) in [5, 5.41) is 3.85. The summed E-state index contributed by atoms with van der Waals surface area (Å²) in [6, 6.07) is 6.64. The molecule has 0 spiro atoms. The van der Waals surface area contributed by atoms with Crippen molar-refractivity contribution in [3.63, 3.8) is 0 Å². The van der Waals surface area contributed by atoms with Crippen LogP contribution in [-0.4, -0.2) is 30.1 Å². The molecule has 0 radical (unpaired) electrons. The maximum Gasteiger partial charge on any atom is 0.141 e. The highest BCUT2D eigenvalue weighted by Crippen LogP contribution is 2.33. The van der Waals surface area contributed by atoms with Gasteiger partial charge in [0.25, 0.3) is 0 Å². The van der Waals surface area contributed by atoms with Gasteiger partial charge >= 0.3 is 0 Å². The summed E-state index contributed by atoms with van der Waals surface area (Å²) in [5.41, 5.74) is 1.11. The fourth-order valence-electron chi connectivity index (χ4n) is 3.73. The molecular weight excluding hydrogens is 275 g/mol. The second-order valence-corrected chi connectivity index (χ2v) is 6.41. The monoisotopic (exact) mass is 296 g/mol. The molecule has 1 aromatic carbocycles. The number of benzene rings is 1. The Labute approximate surface area is 125 Å². The van der Waals surface area contributed by atoms with E-state index in [1.54, 1.807) is 6.07 Å². The minimum absolute atomic E-state index is 0.226. The van der Waals surface area contributed by atoms with Gasteiger partial charge in [-0.2, -0.15) is 0 Å². The molecule has 4 heteroatoms. The van der Waals surface area contributed by atoms with Crippen molar-refractivity contribution < 1.29 is 4.39 Å². The second-order valence-electron chi connectivity index (χ2n) is 6.00. The third-order valence-corrected chi connectivity index (χ3v) is 5.12. The largest absolute Gasteiger partial charge is 0.312 e. The zero-order valence-corrected chi connectivity index (χ0v) is 12.7. The molecule has 2 heterocycles. The van der Waals surface area contributed by atoms with Crippen LogP contribution in [0.5, 0.6) is 0 Å². The second kappa shape index (κ2) is 6.00. The molecule has 0 amide bonds. The lowest BCUT2D eigenvalue weighted by molar-refractivity contribution is 0.163. The van der Waals surface area contributed by atoms with Gasteiger partial charge in [0.1, 0.15) is 5.82 Å². The van der Waals surface area contributed by atoms with Crippen molar-refractivity contribution in [1.82, 2.24) is 10.2 Å². The highest BCUT2D eigenvalue weighted by Gasteiger charge is 2.35. The molecule has 3 unspecified atom stereocenters. The summed E-state index contributed by atoms with van der Waals surface area (Å²) < 4.78 is 13.3. The maximum atomic E-state index is 13.3. The Morgan fingerprint density at radius 3 is 2.90 bits per heavy atom. The van der Waals surface area contributed by atoms with Gasteiger partial charge in [0.15, 0.2) is 0 Å². The number of nitrogens with zero attached hydrogens (tertiary/aromatic N) is 1. The van der Waals surface area contributed by atoms with Crippen molar-refractivity contribution in [3.8, 4) is 0 Å². The van der Waals surface area contributed by atoms with E-state index < -0.39 is 0 Å². The van der Waals surface area contributed by atoms with Gasteiger partial charge in [-0.3, -0.25) is 4.90 Å². The van der Waals surface area contributed by atoms with Gasteiger partial charge in [0.2, 0.25) is 0 Å². The number of nitrogens with one attached hydrogen (secondary N) is 1. The van der Waals surface area contributed by atoms with E-state index in [-0.39, 0.29) is 10.8 Å². The topological polar surface area (TPSA) is 15.3 Å². The van der Waals surface area contributed by atoms with Crippen molar-refractivity contribution >= 4 is 11.6 Å². The van der Waals surface area contributed by atoms with Crippen LogP contribution in [0.1, 0.15) is 44.2 Å². The first-order valence-electron chi connectivity index (χ1n) is 7.61. The van der Waals surface area contributed by atoms with Gasteiger partial charge in [-0.25, -0.2) is 4.39 Å². The Bertz CT molecular complexity index is 474. The average molecular weight is 297 g/mol. The maximum absolute atomic E-state index is 13.3. The van der Waals surface area contributed by atoms with Crippen molar-refractivity contribution in [1.29, 1.82) is 0 Å². The number of hydrogen-bond acceptors (Lipinski definition) is 2. The lowest BCUT2D eigenvalue weighted by Crippen LogP contribution is -2.44. The van der Waals surface area contributed by atoms with E-state index in [4.69, 9.17) is 11.6 Å². The molecule has 2 fully saturated rings. The van der Waals surface area contributed by atoms with Gasteiger partial charge in [0, 0.05) is 18.1 Å². The Hall–Kier alpha value is -0.640. The quantitative estimate of drug-likeness (QED) is 0.914. The van der Waals surface area contributed by atoms with Crippen molar-refractivity contribution in [2.75, 3.05) is 13.1 Å². The summed E-state index contributed by atoms with van der Waals surface area (Å²) in [4.78, 5) is 2.56. The molecule has 110 valence electrons. The van der Waals surface area contributed by atoms with Gasteiger partial charge in [0.05, 0.1) is 5.02 Å². The minimum atomic E-state index is -0.335. The van der Waals surface area contributed by atoms with Gasteiger partial charge in [-0.1, -0.05) is 17.7 Å². The molecule has 0 bridgehead atoms. The predicted molar refractivity (Wildman–Crippen MR) is 80.6 cm³/mol. The highest BCUT2D eigenvalue weighted by molar-refractivity contribution is 6.30. The summed E-state index contributed by atoms with van der Waals surface area (Å²) in [6.07, 6.45) is 5.07. The zero-order valence-electron chi connectivity index (χ0n) is 11.9. The highest BCUT2D eigenvalue weighted by atomic mass is 35.5. The summed E-state index contributed by atoms with van der Waals surface area (Å²) >= 11 is 5.92. The molecule has 2 aliphatic rings. The van der Waals surface area contributed by atoms with E-state index in [9.17, 15) is 4.39 Å². The van der Waals surface area contributed by atoms with Crippen LogP contribution in [0.4, 0.5) is 4.39 Å². The number of rotatable bonds is 3. The standard InChI is InChI=1S/C16H22ClFN2/c1-11(12-6-7-14(18)13(17)10-12)20-9-3-5-16(20)15-4-2-8-19-15/h6-7,10-11,15-16,19H,2-5,8-9H2,1H3. The molecule has 0 aliphatic carbocycles. The van der Waals surface area contributed by atoms with Crippen LogP contribution in [0.25, 0.3) is 0 Å². The summed E-state index contributed by atoms with van der Waals surface area (Å²) in [5.74, 6) is -0.335. The molecule has 1 N–H and O–H groups in total. The van der Waals surface area contributed by atoms with E-state index >= 15 is 0 Å². The number of hydrogen-bond donors (Lipinski definition) is 1. The first kappa shape index (κ1) is 14.3. The smallest absolute Gasteiger partial charge is 0.141 e. The normalized spacial score (nSPS) is 28.9. The van der Waals surface area contributed by atoms with E-state index in [0.717, 1.165) is 18.7 Å². The van der Waals surface area contributed by atoms with Crippen molar-refractivity contribution in [3.05, 3.63) is 34.6 Å². The van der Waals surface area contributed by atoms with Crippen molar-refractivity contribution in [2.45, 2.75) is 50.7 Å². The Balaban J connectivity index is 1.77. The molecule has 2 saturated heterocycles. The van der Waals surface area contributed by atoms with Crippen LogP contribution >= 0.6 is 11.6 Å². The lowest BCUT2D eigenvalue weighted by Gasteiger charge is -2.34. The molecule has 0 aromatic heterocycles. The molecule has 2 nitrogen and oxygen atoms in total. The number of halogens is 2. The van der Waals surface area contributed by atoms with E-state index in [1.165, 1.54) is 31.7 Å². The van der Waals surface area contributed by atoms with E-state index in [1.807, 2.05) is 6.07 Å². The zero-order chi connectivity index (χ0) is 14.1. The number of likely N-dealkylation sites (tertiary alicyclic amines) is 1. The molecule has 2 aliphatic heterocycles. The van der Waals surface area contributed by atoms with Crippen LogP contribution in [-0.2, 0) is 0 Å². The third kappa shape index (κ3) is 2.72. The first-order chi connectivity index (χ1) is 9.66. The van der Waals surface area contributed by atoms with E-state index in [0.29, 0.717) is 18.1 Å². The fourth-order valence-corrected chi connectivity index (χ4v) is 3.92. The molecule has 1 aromatic rings. The van der Waals surface area contributed by atoms with Crippen LogP contribution in [0.2, 0.25) is 5.02 Å². The molecule has 3 atom stereocenters. The van der Waals surface area contributed by atoms with Crippen LogP contribution in [0.15, 0.2) is 18.2 Å². The van der Waals surface area contributed by atoms with Crippen LogP contribution < -0.4 is 5.32 Å². The Kier molecular flexibility index (Phi) is 4.29. The van der Waals surface area contributed by atoms with Crippen LogP contribution in [0, 0.1) is 5.82 Å². The molecule has 3 rings (SSSR count). The molecular formula is C16H22ClFN2. The molecule has 0 saturated carbocycles. The predicted octanol–water partition coefficient (Wildman–Crippen LogP) is 3.76. The van der Waals surface area contributed by atoms with Crippen molar-refractivity contribution in [2.24, 2.45) is 0 Å². The van der Waals surface area contributed by atoms with E-state index in [2.05, 4.69) is 17.1 Å². The summed E-state index contributed by atoms with van der Waals surface area (Å²) in [6.45, 7) is 4.47. The van der Waals surface area contributed by atoms with Crippen LogP contribution in [0.3, 0.4) is 0 Å². The molecule has 20 heavy (non-hydrogen) atoms. The minimum Gasteiger partial charge on any atom is -0.312 e. The lowest BCUT2D eigenvalue weighted by atomic mass is 10.0. The first-order valence-corrected chi connectivity index (χ1v) is 7.98. The Morgan fingerprint density at radius 2 is 2.20 bits per heavy atom.